The third-order valence-electron chi connectivity index (χ3n) is 5.22. The van der Waals surface area contributed by atoms with E-state index in [0.717, 1.165) is 11.8 Å². The van der Waals surface area contributed by atoms with Gasteiger partial charge in [0.2, 0.25) is 0 Å². The van der Waals surface area contributed by atoms with Gasteiger partial charge in [-0.1, -0.05) is 6.08 Å². The van der Waals surface area contributed by atoms with Crippen LogP contribution in [0.5, 0.6) is 5.75 Å². The number of hydrogen-bond donors (Lipinski definition) is 3. The van der Waals surface area contributed by atoms with Gasteiger partial charge in [0.1, 0.15) is 5.75 Å². The summed E-state index contributed by atoms with van der Waals surface area (Å²) < 4.78 is 44.3. The van der Waals surface area contributed by atoms with E-state index >= 15 is 0 Å². The molecule has 0 saturated heterocycles. The summed E-state index contributed by atoms with van der Waals surface area (Å²) in [6.45, 7) is 0.0862. The van der Waals surface area contributed by atoms with Gasteiger partial charge in [-0.15, -0.1) is 0 Å². The fourth-order valence-corrected chi connectivity index (χ4v) is 3.54. The predicted molar refractivity (Wildman–Crippen MR) is 113 cm³/mol. The van der Waals surface area contributed by atoms with Gasteiger partial charge < -0.3 is 21.2 Å². The first kappa shape index (κ1) is 22.3. The van der Waals surface area contributed by atoms with Gasteiger partial charge in [-0.25, -0.2) is 0 Å². The molecule has 1 aromatic heterocycles. The van der Waals surface area contributed by atoms with E-state index in [2.05, 4.69) is 10.3 Å². The number of rotatable bonds is 6. The van der Waals surface area contributed by atoms with Crippen molar-refractivity contribution in [3.8, 4) is 5.75 Å². The van der Waals surface area contributed by atoms with E-state index in [4.69, 9.17) is 15.9 Å². The van der Waals surface area contributed by atoms with Gasteiger partial charge in [0, 0.05) is 29.1 Å². The van der Waals surface area contributed by atoms with Crippen molar-refractivity contribution in [2.75, 3.05) is 13.7 Å². The molecule has 0 bridgehead atoms. The highest BCUT2D eigenvalue weighted by molar-refractivity contribution is 6.00. The number of benzene rings is 1. The van der Waals surface area contributed by atoms with E-state index in [1.54, 1.807) is 24.3 Å². The molecule has 1 unspecified atom stereocenters. The third kappa shape index (κ3) is 5.22. The second kappa shape index (κ2) is 9.20. The minimum Gasteiger partial charge on any atom is -0.497 e. The molecule has 0 fully saturated rings. The number of ether oxygens (including phenoxy) is 1. The number of amides is 1. The molecule has 1 aliphatic rings. The van der Waals surface area contributed by atoms with E-state index < -0.39 is 12.1 Å². The van der Waals surface area contributed by atoms with Crippen LogP contribution in [0.2, 0.25) is 0 Å². The number of halogens is 3. The number of pyridine rings is 1. The fraction of sp³-hybridized carbons (Fsp3) is 0.318. The van der Waals surface area contributed by atoms with Crippen LogP contribution in [0.15, 0.2) is 42.2 Å². The highest BCUT2D eigenvalue weighted by atomic mass is 19.4. The van der Waals surface area contributed by atoms with Crippen LogP contribution in [0, 0.1) is 11.3 Å². The van der Waals surface area contributed by atoms with Crippen molar-refractivity contribution in [1.29, 1.82) is 5.41 Å². The van der Waals surface area contributed by atoms with E-state index in [9.17, 15) is 18.0 Å². The van der Waals surface area contributed by atoms with Gasteiger partial charge in [0.25, 0.3) is 5.91 Å². The molecule has 164 valence electrons. The summed E-state index contributed by atoms with van der Waals surface area (Å²) in [5.41, 5.74) is 8.40. The molecule has 1 aliphatic carbocycles. The Bertz CT molecular complexity index is 1060. The lowest BCUT2D eigenvalue weighted by atomic mass is 9.85. The van der Waals surface area contributed by atoms with Gasteiger partial charge in [-0.3, -0.25) is 9.78 Å². The van der Waals surface area contributed by atoms with Crippen molar-refractivity contribution in [3.05, 3.63) is 53.4 Å². The average Bonchev–Trinajstić information content (AvgIpc) is 2.76. The Labute approximate surface area is 177 Å². The molecule has 0 aliphatic heterocycles. The van der Waals surface area contributed by atoms with Crippen LogP contribution in [-0.4, -0.2) is 36.9 Å². The number of methoxy groups -OCH3 is 1. The quantitative estimate of drug-likeness (QED) is 0.595. The molecule has 1 aromatic carbocycles. The number of allylic oxidation sites excluding steroid dienone is 3. The maximum absolute atomic E-state index is 13.0. The minimum atomic E-state index is -4.20. The van der Waals surface area contributed by atoms with Gasteiger partial charge in [0.05, 0.1) is 30.7 Å². The smallest absolute Gasteiger partial charge is 0.392 e. The van der Waals surface area contributed by atoms with E-state index in [0.29, 0.717) is 33.5 Å². The Hall–Kier alpha value is -3.36. The van der Waals surface area contributed by atoms with Gasteiger partial charge in [-0.2, -0.15) is 13.2 Å². The molecule has 6 nitrogen and oxygen atoms in total. The van der Waals surface area contributed by atoms with E-state index in [-0.39, 0.29) is 31.7 Å². The molecule has 1 atom stereocenters. The Morgan fingerprint density at radius 2 is 2.16 bits per heavy atom. The zero-order valence-electron chi connectivity index (χ0n) is 16.9. The van der Waals surface area contributed by atoms with Gasteiger partial charge in [-0.05, 0) is 49.1 Å². The Morgan fingerprint density at radius 3 is 2.77 bits per heavy atom. The second-order valence-corrected chi connectivity index (χ2v) is 7.30. The number of alkyl halides is 3. The van der Waals surface area contributed by atoms with Gasteiger partial charge in [0.15, 0.2) is 0 Å². The highest BCUT2D eigenvalue weighted by Crippen LogP contribution is 2.41. The van der Waals surface area contributed by atoms with Crippen molar-refractivity contribution in [1.82, 2.24) is 10.3 Å². The van der Waals surface area contributed by atoms with Crippen LogP contribution < -0.4 is 15.8 Å². The highest BCUT2D eigenvalue weighted by Gasteiger charge is 2.39. The number of nitrogens with two attached hydrogens (primary N) is 1. The van der Waals surface area contributed by atoms with E-state index in [1.165, 1.54) is 19.4 Å². The molecular weight excluding hydrogens is 409 g/mol. The van der Waals surface area contributed by atoms with Crippen LogP contribution in [-0.2, 0) is 0 Å². The SMILES string of the molecule is COc1cc(C2=CCC(C(F)(F)F)CC2)c2ncc(C(=O)NC/C(N)=C/C=N)cc2c1. The number of hydrogen-bond acceptors (Lipinski definition) is 5. The van der Waals surface area contributed by atoms with Crippen molar-refractivity contribution < 1.29 is 22.7 Å². The lowest BCUT2D eigenvalue weighted by Crippen LogP contribution is -2.28. The van der Waals surface area contributed by atoms with Gasteiger partial charge >= 0.3 is 6.18 Å². The molecule has 1 amide bonds. The van der Waals surface area contributed by atoms with Crippen molar-refractivity contribution in [2.45, 2.75) is 25.4 Å². The average molecular weight is 432 g/mol. The number of carbonyl (C=O) groups is 1. The molecule has 2 aromatic rings. The lowest BCUT2D eigenvalue weighted by Gasteiger charge is -2.24. The molecular formula is C22H23F3N4O2. The zero-order valence-corrected chi connectivity index (χ0v) is 16.9. The Balaban J connectivity index is 1.92. The maximum atomic E-state index is 13.0. The number of carbonyl (C=O) groups excluding carboxylic acids is 1. The minimum absolute atomic E-state index is 0.0270. The predicted octanol–water partition coefficient (Wildman–Crippen LogP) is 4.21. The summed E-state index contributed by atoms with van der Waals surface area (Å²) in [5, 5.41) is 10.3. The second-order valence-electron chi connectivity index (χ2n) is 7.30. The molecule has 9 heteroatoms. The summed E-state index contributed by atoms with van der Waals surface area (Å²) >= 11 is 0. The zero-order chi connectivity index (χ0) is 22.6. The molecule has 0 saturated carbocycles. The summed E-state index contributed by atoms with van der Waals surface area (Å²) in [5.74, 6) is -1.19. The van der Waals surface area contributed by atoms with Crippen LogP contribution in [0.3, 0.4) is 0 Å². The lowest BCUT2D eigenvalue weighted by molar-refractivity contribution is -0.175. The van der Waals surface area contributed by atoms with Crippen molar-refractivity contribution >= 4 is 28.6 Å². The molecule has 4 N–H and O–H groups in total. The van der Waals surface area contributed by atoms with Crippen LogP contribution >= 0.6 is 0 Å². The maximum Gasteiger partial charge on any atom is 0.392 e. The first-order valence-electron chi connectivity index (χ1n) is 9.70. The molecule has 0 spiro atoms. The van der Waals surface area contributed by atoms with E-state index in [1.807, 2.05) is 0 Å². The van der Waals surface area contributed by atoms with Crippen LogP contribution in [0.1, 0.15) is 35.2 Å². The third-order valence-corrected chi connectivity index (χ3v) is 5.22. The normalized spacial score (nSPS) is 17.2. The Morgan fingerprint density at radius 1 is 1.39 bits per heavy atom. The fourth-order valence-electron chi connectivity index (χ4n) is 3.54. The molecule has 0 radical (unpaired) electrons. The van der Waals surface area contributed by atoms with Crippen LogP contribution in [0.4, 0.5) is 13.2 Å². The molecule has 3 rings (SSSR count). The van der Waals surface area contributed by atoms with Crippen molar-refractivity contribution in [3.63, 3.8) is 0 Å². The van der Waals surface area contributed by atoms with Crippen molar-refractivity contribution in [2.24, 2.45) is 11.7 Å². The molecule has 31 heavy (non-hydrogen) atoms. The number of fused-ring (bicyclic) bond motifs is 1. The first-order valence-corrected chi connectivity index (χ1v) is 9.70. The summed E-state index contributed by atoms with van der Waals surface area (Å²) in [4.78, 5) is 16.9. The number of nitrogens with zero attached hydrogens (tertiary/aromatic N) is 1. The topological polar surface area (TPSA) is 101 Å². The van der Waals surface area contributed by atoms with Crippen LogP contribution in [0.25, 0.3) is 16.5 Å². The summed E-state index contributed by atoms with van der Waals surface area (Å²) in [7, 11) is 1.50. The largest absolute Gasteiger partial charge is 0.497 e. The first-order chi connectivity index (χ1) is 14.7. The molecule has 1 heterocycles. The monoisotopic (exact) mass is 432 g/mol. The Kier molecular flexibility index (Phi) is 6.62. The standard InChI is InChI=1S/C22H23F3N4O2/c1-31-18-9-14-8-15(21(30)29-12-17(27)6-7-26)11-28-20(14)19(10-18)13-2-4-16(5-3-13)22(23,24)25/h2,6-11,16,26H,3-5,12,27H2,1H3,(H,29,30)/b17-6-,26-7?. The summed E-state index contributed by atoms with van der Waals surface area (Å²) in [6.07, 6.45) is 1.50. The summed E-state index contributed by atoms with van der Waals surface area (Å²) in [6, 6.07) is 5.15. The number of aromatic nitrogens is 1. The number of nitrogens with one attached hydrogen (secondary N) is 2.